The molecule has 0 N–H and O–H groups in total. The summed E-state index contributed by atoms with van der Waals surface area (Å²) in [7, 11) is 0. The fourth-order valence-corrected chi connectivity index (χ4v) is 3.73. The summed E-state index contributed by atoms with van der Waals surface area (Å²) in [6, 6.07) is 12.6. The van der Waals surface area contributed by atoms with Gasteiger partial charge in [0.2, 0.25) is 0 Å². The molecule has 0 spiro atoms. The maximum atomic E-state index is 6.52. The van der Waals surface area contributed by atoms with E-state index < -0.39 is 0 Å². The molecule has 1 aromatic heterocycles. The van der Waals surface area contributed by atoms with Crippen LogP contribution in [0.5, 0.6) is 0 Å². The van der Waals surface area contributed by atoms with Crippen LogP contribution >= 0.6 is 11.6 Å². The topological polar surface area (TPSA) is 25.4 Å². The van der Waals surface area contributed by atoms with E-state index in [0.29, 0.717) is 5.92 Å². The highest BCUT2D eigenvalue weighted by atomic mass is 35.5. The lowest BCUT2D eigenvalue weighted by Crippen LogP contribution is -2.37. The van der Waals surface area contributed by atoms with Crippen LogP contribution in [0.4, 0.5) is 0 Å². The van der Waals surface area contributed by atoms with Gasteiger partial charge in [0.25, 0.3) is 0 Å². The van der Waals surface area contributed by atoms with E-state index in [2.05, 4.69) is 48.0 Å². The molecule has 0 saturated carbocycles. The van der Waals surface area contributed by atoms with Gasteiger partial charge in [0.1, 0.15) is 0 Å². The molecule has 4 heteroatoms. The van der Waals surface area contributed by atoms with Gasteiger partial charge in [-0.1, -0.05) is 29.8 Å². The Hall–Kier alpha value is -1.42. The Labute approximate surface area is 149 Å². The average Bonchev–Trinajstić information content (AvgIpc) is 2.57. The second-order valence-corrected chi connectivity index (χ2v) is 6.91. The van der Waals surface area contributed by atoms with Gasteiger partial charge in [-0.05, 0) is 56.1 Å². The highest BCUT2D eigenvalue weighted by molar-refractivity contribution is 6.31. The molecular weight excluding hydrogens is 320 g/mol. The molecule has 0 bridgehead atoms. The van der Waals surface area contributed by atoms with Crippen molar-refractivity contribution in [2.75, 3.05) is 32.8 Å². The molecule has 1 aromatic carbocycles. The van der Waals surface area contributed by atoms with Crippen LogP contribution in [-0.2, 0) is 4.74 Å². The summed E-state index contributed by atoms with van der Waals surface area (Å²) >= 11 is 6.52. The van der Waals surface area contributed by atoms with E-state index >= 15 is 0 Å². The third-order valence-electron chi connectivity index (χ3n) is 4.62. The number of aryl methyl sites for hydroxylation is 2. The first-order chi connectivity index (χ1) is 11.6. The van der Waals surface area contributed by atoms with Gasteiger partial charge < -0.3 is 4.74 Å². The minimum atomic E-state index is 0.293. The number of ether oxygens (including phenoxy) is 1. The maximum absolute atomic E-state index is 6.52. The van der Waals surface area contributed by atoms with Crippen LogP contribution < -0.4 is 0 Å². The van der Waals surface area contributed by atoms with E-state index in [-0.39, 0.29) is 0 Å². The molecule has 3 nitrogen and oxygen atoms in total. The minimum Gasteiger partial charge on any atom is -0.379 e. The first kappa shape index (κ1) is 17.4. The predicted octanol–water partition coefficient (Wildman–Crippen LogP) is 4.21. The Bertz CT molecular complexity index is 663. The summed E-state index contributed by atoms with van der Waals surface area (Å²) in [5.74, 6) is 0.293. The molecule has 1 atom stereocenters. The molecule has 24 heavy (non-hydrogen) atoms. The molecular formula is C20H25ClN2O. The smallest absolute Gasteiger partial charge is 0.0594 e. The predicted molar refractivity (Wildman–Crippen MR) is 98.9 cm³/mol. The summed E-state index contributed by atoms with van der Waals surface area (Å²) in [5.41, 5.74) is 4.64. The van der Waals surface area contributed by atoms with Gasteiger partial charge in [-0.25, -0.2) is 0 Å². The van der Waals surface area contributed by atoms with Crippen LogP contribution in [0.25, 0.3) is 0 Å². The number of halogens is 1. The first-order valence-corrected chi connectivity index (χ1v) is 9.01. The van der Waals surface area contributed by atoms with E-state index in [9.17, 15) is 0 Å². The van der Waals surface area contributed by atoms with Crippen LogP contribution in [0, 0.1) is 13.8 Å². The number of pyridine rings is 1. The van der Waals surface area contributed by atoms with Crippen molar-refractivity contribution in [3.05, 3.63) is 63.9 Å². The number of hydrogen-bond acceptors (Lipinski definition) is 3. The molecule has 3 rings (SSSR count). The second kappa shape index (κ2) is 8.11. The highest BCUT2D eigenvalue weighted by Crippen LogP contribution is 2.33. The zero-order valence-electron chi connectivity index (χ0n) is 14.5. The van der Waals surface area contributed by atoms with E-state index in [1.807, 2.05) is 12.1 Å². The Morgan fingerprint density at radius 3 is 2.46 bits per heavy atom. The highest BCUT2D eigenvalue weighted by Gasteiger charge is 2.20. The quantitative estimate of drug-likeness (QED) is 0.812. The Kier molecular flexibility index (Phi) is 5.88. The summed E-state index contributed by atoms with van der Waals surface area (Å²) < 4.78 is 5.46. The van der Waals surface area contributed by atoms with Gasteiger partial charge in [0, 0.05) is 35.4 Å². The summed E-state index contributed by atoms with van der Waals surface area (Å²) in [5, 5.41) is 0.844. The molecule has 0 aliphatic carbocycles. The van der Waals surface area contributed by atoms with Crippen LogP contribution in [0.15, 0.2) is 36.4 Å². The zero-order chi connectivity index (χ0) is 16.9. The summed E-state index contributed by atoms with van der Waals surface area (Å²) in [6.07, 6.45) is 1.05. The lowest BCUT2D eigenvalue weighted by Gasteiger charge is -2.29. The SMILES string of the molecule is Cc1cc(C(CCN2CCOCC2)c2ccccc2Cl)cc(C)n1. The van der Waals surface area contributed by atoms with Crippen molar-refractivity contribution in [1.82, 2.24) is 9.88 Å². The number of aromatic nitrogens is 1. The first-order valence-electron chi connectivity index (χ1n) is 8.63. The normalized spacial score (nSPS) is 17.0. The van der Waals surface area contributed by atoms with Crippen molar-refractivity contribution in [3.8, 4) is 0 Å². The van der Waals surface area contributed by atoms with E-state index in [1.54, 1.807) is 0 Å². The van der Waals surface area contributed by atoms with Crippen molar-refractivity contribution >= 4 is 11.6 Å². The molecule has 128 valence electrons. The zero-order valence-corrected chi connectivity index (χ0v) is 15.2. The number of hydrogen-bond donors (Lipinski definition) is 0. The molecule has 1 saturated heterocycles. The van der Waals surface area contributed by atoms with Crippen molar-refractivity contribution in [2.24, 2.45) is 0 Å². The minimum absolute atomic E-state index is 0.293. The average molecular weight is 345 g/mol. The van der Waals surface area contributed by atoms with Gasteiger partial charge >= 0.3 is 0 Å². The fraction of sp³-hybridized carbons (Fsp3) is 0.450. The molecule has 1 aliphatic heterocycles. The van der Waals surface area contributed by atoms with Gasteiger partial charge in [-0.2, -0.15) is 0 Å². The Balaban J connectivity index is 1.87. The van der Waals surface area contributed by atoms with Crippen molar-refractivity contribution < 1.29 is 4.74 Å². The van der Waals surface area contributed by atoms with Crippen LogP contribution in [0.3, 0.4) is 0 Å². The Morgan fingerprint density at radius 1 is 1.12 bits per heavy atom. The third kappa shape index (κ3) is 4.35. The number of benzene rings is 1. The molecule has 0 radical (unpaired) electrons. The van der Waals surface area contributed by atoms with Crippen LogP contribution in [-0.4, -0.2) is 42.7 Å². The largest absolute Gasteiger partial charge is 0.379 e. The fourth-order valence-electron chi connectivity index (χ4n) is 3.46. The molecule has 2 aromatic rings. The number of rotatable bonds is 5. The number of morpholine rings is 1. The lowest BCUT2D eigenvalue weighted by molar-refractivity contribution is 0.0369. The van der Waals surface area contributed by atoms with Crippen LogP contribution in [0.1, 0.15) is 34.9 Å². The van der Waals surface area contributed by atoms with Gasteiger partial charge in [0.05, 0.1) is 13.2 Å². The standard InChI is InChI=1S/C20H25ClN2O/c1-15-13-17(14-16(2)22-15)18(19-5-3-4-6-20(19)21)7-8-23-9-11-24-12-10-23/h3-6,13-14,18H,7-12H2,1-2H3. The molecule has 1 aliphatic rings. The maximum Gasteiger partial charge on any atom is 0.0594 e. The van der Waals surface area contributed by atoms with E-state index in [0.717, 1.165) is 55.7 Å². The lowest BCUT2D eigenvalue weighted by atomic mass is 9.88. The molecule has 0 amide bonds. The van der Waals surface area contributed by atoms with E-state index in [1.165, 1.54) is 11.1 Å². The summed E-state index contributed by atoms with van der Waals surface area (Å²) in [4.78, 5) is 7.00. The van der Waals surface area contributed by atoms with E-state index in [4.69, 9.17) is 16.3 Å². The van der Waals surface area contributed by atoms with Crippen molar-refractivity contribution in [3.63, 3.8) is 0 Å². The van der Waals surface area contributed by atoms with Crippen molar-refractivity contribution in [1.29, 1.82) is 0 Å². The summed E-state index contributed by atoms with van der Waals surface area (Å²) in [6.45, 7) is 8.88. The van der Waals surface area contributed by atoms with Gasteiger partial charge in [-0.15, -0.1) is 0 Å². The third-order valence-corrected chi connectivity index (χ3v) is 4.97. The monoisotopic (exact) mass is 344 g/mol. The second-order valence-electron chi connectivity index (χ2n) is 6.50. The van der Waals surface area contributed by atoms with Gasteiger partial charge in [-0.3, -0.25) is 9.88 Å². The number of nitrogens with zero attached hydrogens (tertiary/aromatic N) is 2. The van der Waals surface area contributed by atoms with Gasteiger partial charge in [0.15, 0.2) is 0 Å². The molecule has 1 fully saturated rings. The Morgan fingerprint density at radius 2 is 1.79 bits per heavy atom. The molecule has 2 heterocycles. The van der Waals surface area contributed by atoms with Crippen LogP contribution in [0.2, 0.25) is 5.02 Å². The van der Waals surface area contributed by atoms with Crippen molar-refractivity contribution in [2.45, 2.75) is 26.2 Å². The molecule has 1 unspecified atom stereocenters.